The van der Waals surface area contributed by atoms with E-state index in [1.54, 1.807) is 0 Å². The summed E-state index contributed by atoms with van der Waals surface area (Å²) in [6.07, 6.45) is 3.38. The summed E-state index contributed by atoms with van der Waals surface area (Å²) in [5, 5.41) is 17.7. The fraction of sp³-hybridized carbons (Fsp3) is 1.00. The largest absolute Gasteiger partial charge is 0.390 e. The van der Waals surface area contributed by atoms with E-state index in [1.807, 2.05) is 0 Å². The summed E-state index contributed by atoms with van der Waals surface area (Å²) in [5.41, 5.74) is 0. The molecule has 2 unspecified atom stereocenters. The van der Waals surface area contributed by atoms with Crippen molar-refractivity contribution in [3.8, 4) is 0 Å². The highest BCUT2D eigenvalue weighted by Gasteiger charge is 2.22. The zero-order valence-electron chi connectivity index (χ0n) is 5.99. The fourth-order valence-electron chi connectivity index (χ4n) is 1.37. The standard InChI is InChI=1S/C7H14O3/c8-5-10-7-4-2-1-3-6(7)9/h6-9H,1-5H2. The first-order chi connectivity index (χ1) is 4.84. The van der Waals surface area contributed by atoms with Gasteiger partial charge in [0, 0.05) is 0 Å². The molecule has 3 heteroatoms. The Hall–Kier alpha value is -0.120. The lowest BCUT2D eigenvalue weighted by Gasteiger charge is -2.26. The molecule has 0 saturated heterocycles. The third-order valence-corrected chi connectivity index (χ3v) is 1.96. The van der Waals surface area contributed by atoms with Gasteiger partial charge in [-0.1, -0.05) is 12.8 Å². The Bertz CT molecular complexity index is 92.9. The molecule has 1 rings (SSSR count). The Morgan fingerprint density at radius 1 is 1.30 bits per heavy atom. The maximum atomic E-state index is 9.26. The first kappa shape index (κ1) is 7.98. The molecule has 0 amide bonds. The zero-order chi connectivity index (χ0) is 7.40. The van der Waals surface area contributed by atoms with Gasteiger partial charge in [0.05, 0.1) is 12.2 Å². The summed E-state index contributed by atoms with van der Waals surface area (Å²) >= 11 is 0. The molecule has 1 saturated carbocycles. The summed E-state index contributed by atoms with van der Waals surface area (Å²) in [5.74, 6) is 0. The second-order valence-electron chi connectivity index (χ2n) is 2.69. The minimum atomic E-state index is -0.360. The van der Waals surface area contributed by atoms with Crippen molar-refractivity contribution in [3.63, 3.8) is 0 Å². The van der Waals surface area contributed by atoms with Crippen LogP contribution < -0.4 is 0 Å². The topological polar surface area (TPSA) is 49.7 Å². The molecule has 0 aromatic carbocycles. The lowest BCUT2D eigenvalue weighted by atomic mass is 9.95. The van der Waals surface area contributed by atoms with Crippen molar-refractivity contribution in [1.82, 2.24) is 0 Å². The van der Waals surface area contributed by atoms with E-state index in [9.17, 15) is 5.11 Å². The summed E-state index contributed by atoms with van der Waals surface area (Å²) in [4.78, 5) is 0. The van der Waals surface area contributed by atoms with Crippen LogP contribution in [0, 0.1) is 0 Å². The molecule has 3 nitrogen and oxygen atoms in total. The van der Waals surface area contributed by atoms with Crippen LogP contribution in [0.3, 0.4) is 0 Å². The highest BCUT2D eigenvalue weighted by atomic mass is 16.6. The Balaban J connectivity index is 2.25. The van der Waals surface area contributed by atoms with Crippen LogP contribution in [-0.4, -0.2) is 29.2 Å². The number of aliphatic hydroxyl groups is 2. The van der Waals surface area contributed by atoms with Crippen LogP contribution >= 0.6 is 0 Å². The van der Waals surface area contributed by atoms with E-state index >= 15 is 0 Å². The molecule has 0 spiro atoms. The average molecular weight is 146 g/mol. The van der Waals surface area contributed by atoms with Crippen LogP contribution in [0.1, 0.15) is 25.7 Å². The van der Waals surface area contributed by atoms with Gasteiger partial charge in [0.2, 0.25) is 0 Å². The minimum absolute atomic E-state index is 0.126. The van der Waals surface area contributed by atoms with Crippen molar-refractivity contribution in [2.75, 3.05) is 6.79 Å². The fourth-order valence-corrected chi connectivity index (χ4v) is 1.37. The molecule has 1 aliphatic rings. The van der Waals surface area contributed by atoms with Crippen LogP contribution in [0.15, 0.2) is 0 Å². The lowest BCUT2D eigenvalue weighted by Crippen LogP contribution is -2.32. The highest BCUT2D eigenvalue weighted by molar-refractivity contribution is 4.73. The molecule has 0 bridgehead atoms. The van der Waals surface area contributed by atoms with Gasteiger partial charge in [0.25, 0.3) is 0 Å². The van der Waals surface area contributed by atoms with Gasteiger partial charge in [0.1, 0.15) is 6.79 Å². The number of aliphatic hydroxyl groups excluding tert-OH is 2. The smallest absolute Gasteiger partial charge is 0.144 e. The maximum Gasteiger partial charge on any atom is 0.144 e. The molecule has 2 N–H and O–H groups in total. The monoisotopic (exact) mass is 146 g/mol. The molecule has 1 fully saturated rings. The van der Waals surface area contributed by atoms with Crippen LogP contribution in [0.5, 0.6) is 0 Å². The molecular formula is C7H14O3. The lowest BCUT2D eigenvalue weighted by molar-refractivity contribution is -0.112. The summed E-state index contributed by atoms with van der Waals surface area (Å²) in [6, 6.07) is 0. The maximum absolute atomic E-state index is 9.26. The van der Waals surface area contributed by atoms with E-state index in [0.717, 1.165) is 25.7 Å². The molecule has 0 aromatic rings. The summed E-state index contributed by atoms with van der Waals surface area (Å²) in [7, 11) is 0. The van der Waals surface area contributed by atoms with Crippen LogP contribution in [0.4, 0.5) is 0 Å². The van der Waals surface area contributed by atoms with Crippen molar-refractivity contribution >= 4 is 0 Å². The second kappa shape index (κ2) is 3.91. The van der Waals surface area contributed by atoms with Crippen molar-refractivity contribution in [3.05, 3.63) is 0 Å². The molecule has 0 aromatic heterocycles. The van der Waals surface area contributed by atoms with Crippen molar-refractivity contribution in [2.24, 2.45) is 0 Å². The second-order valence-corrected chi connectivity index (χ2v) is 2.69. The van der Waals surface area contributed by atoms with E-state index in [4.69, 9.17) is 9.84 Å². The number of hydrogen-bond acceptors (Lipinski definition) is 3. The van der Waals surface area contributed by atoms with E-state index in [0.29, 0.717) is 0 Å². The van der Waals surface area contributed by atoms with E-state index in [-0.39, 0.29) is 19.0 Å². The number of ether oxygens (including phenoxy) is 1. The van der Waals surface area contributed by atoms with Crippen LogP contribution in [0.2, 0.25) is 0 Å². The van der Waals surface area contributed by atoms with Crippen LogP contribution in [0.25, 0.3) is 0 Å². The quantitative estimate of drug-likeness (QED) is 0.549. The van der Waals surface area contributed by atoms with E-state index in [2.05, 4.69) is 0 Å². The first-order valence-corrected chi connectivity index (χ1v) is 3.75. The Morgan fingerprint density at radius 2 is 2.00 bits per heavy atom. The highest BCUT2D eigenvalue weighted by Crippen LogP contribution is 2.20. The predicted octanol–water partition coefficient (Wildman–Crippen LogP) is 0.256. The van der Waals surface area contributed by atoms with Gasteiger partial charge in [-0.05, 0) is 12.8 Å². The van der Waals surface area contributed by atoms with Gasteiger partial charge >= 0.3 is 0 Å². The van der Waals surface area contributed by atoms with Gasteiger partial charge in [-0.15, -0.1) is 0 Å². The summed E-state index contributed by atoms with van der Waals surface area (Å²) < 4.78 is 4.90. The molecule has 0 aliphatic heterocycles. The van der Waals surface area contributed by atoms with Crippen LogP contribution in [-0.2, 0) is 4.74 Å². The van der Waals surface area contributed by atoms with Crippen molar-refractivity contribution in [1.29, 1.82) is 0 Å². The van der Waals surface area contributed by atoms with Gasteiger partial charge < -0.3 is 14.9 Å². The molecule has 10 heavy (non-hydrogen) atoms. The first-order valence-electron chi connectivity index (χ1n) is 3.75. The SMILES string of the molecule is OCOC1CCCCC1O. The Kier molecular flexibility index (Phi) is 3.12. The molecule has 2 atom stereocenters. The van der Waals surface area contributed by atoms with Gasteiger partial charge in [-0.2, -0.15) is 0 Å². The van der Waals surface area contributed by atoms with E-state index in [1.165, 1.54) is 0 Å². The summed E-state index contributed by atoms with van der Waals surface area (Å²) in [6.45, 7) is -0.276. The number of hydrogen-bond donors (Lipinski definition) is 2. The molecular weight excluding hydrogens is 132 g/mol. The van der Waals surface area contributed by atoms with Gasteiger partial charge in [-0.3, -0.25) is 0 Å². The van der Waals surface area contributed by atoms with Gasteiger partial charge in [-0.25, -0.2) is 0 Å². The molecule has 0 radical (unpaired) electrons. The van der Waals surface area contributed by atoms with Crippen molar-refractivity contribution in [2.45, 2.75) is 37.9 Å². The minimum Gasteiger partial charge on any atom is -0.390 e. The molecule has 60 valence electrons. The molecule has 0 heterocycles. The van der Waals surface area contributed by atoms with Crippen molar-refractivity contribution < 1.29 is 14.9 Å². The third-order valence-electron chi connectivity index (χ3n) is 1.96. The molecule has 1 aliphatic carbocycles. The third kappa shape index (κ3) is 1.94. The average Bonchev–Trinajstić information content (AvgIpc) is 1.94. The zero-order valence-corrected chi connectivity index (χ0v) is 5.99. The van der Waals surface area contributed by atoms with Gasteiger partial charge in [0.15, 0.2) is 0 Å². The predicted molar refractivity (Wildman–Crippen MR) is 36.4 cm³/mol. The number of rotatable bonds is 2. The van der Waals surface area contributed by atoms with E-state index < -0.39 is 0 Å². The Labute approximate surface area is 60.6 Å². The normalized spacial score (nSPS) is 34.2. The Morgan fingerprint density at radius 3 is 2.60 bits per heavy atom.